The minimum atomic E-state index is -0.884. The fourth-order valence-electron chi connectivity index (χ4n) is 2.06. The summed E-state index contributed by atoms with van der Waals surface area (Å²) < 4.78 is 10.7. The smallest absolute Gasteiger partial charge is 0.320 e. The van der Waals surface area contributed by atoms with Gasteiger partial charge >= 0.3 is 11.9 Å². The zero-order valence-electron chi connectivity index (χ0n) is 16.4. The predicted octanol–water partition coefficient (Wildman–Crippen LogP) is 4.41. The number of rotatable bonds is 7. The highest BCUT2D eigenvalue weighted by molar-refractivity contribution is 5.94. The van der Waals surface area contributed by atoms with Gasteiger partial charge in [0.05, 0.1) is 13.2 Å². The molecule has 1 aromatic rings. The number of ether oxygens (including phenoxy) is 2. The Bertz CT molecular complexity index is 519. The van der Waals surface area contributed by atoms with Gasteiger partial charge in [-0.2, -0.15) is 0 Å². The van der Waals surface area contributed by atoms with Gasteiger partial charge in [0.2, 0.25) is 0 Å². The minimum Gasteiger partial charge on any atom is -0.464 e. The van der Waals surface area contributed by atoms with Crippen LogP contribution >= 0.6 is 0 Å². The highest BCUT2D eigenvalue weighted by atomic mass is 16.6. The molecule has 25 heavy (non-hydrogen) atoms. The minimum absolute atomic E-state index is 0.144. The molecule has 0 bridgehead atoms. The van der Waals surface area contributed by atoms with E-state index in [1.54, 1.807) is 0 Å². The lowest BCUT2D eigenvalue weighted by molar-refractivity contribution is -0.165. The summed E-state index contributed by atoms with van der Waals surface area (Å²) >= 11 is 0. The average molecular weight is 348 g/mol. The number of carbonyl (C=O) groups is 2. The van der Waals surface area contributed by atoms with Gasteiger partial charge in [0.25, 0.3) is 0 Å². The first-order chi connectivity index (χ1) is 11.5. The fourth-order valence-corrected chi connectivity index (χ4v) is 2.06. The highest BCUT2D eigenvalue weighted by Gasteiger charge is 2.31. The van der Waals surface area contributed by atoms with Crippen LogP contribution in [0.1, 0.15) is 53.5 Å². The van der Waals surface area contributed by atoms with Crippen molar-refractivity contribution in [3.05, 3.63) is 35.9 Å². The summed E-state index contributed by atoms with van der Waals surface area (Å²) in [4.78, 5) is 24.9. The first-order valence-electron chi connectivity index (χ1n) is 8.85. The van der Waals surface area contributed by atoms with Crippen molar-refractivity contribution in [3.63, 3.8) is 0 Å². The Labute approximate surface area is 151 Å². The second kappa shape index (κ2) is 9.02. The third-order valence-electron chi connectivity index (χ3n) is 3.43. The normalized spacial score (nSPS) is 12.1. The maximum Gasteiger partial charge on any atom is 0.320 e. The molecule has 1 rings (SSSR count). The molecular formula is C21H32O4. The maximum atomic E-state index is 12.5. The lowest BCUT2D eigenvalue weighted by Gasteiger charge is -2.23. The van der Waals surface area contributed by atoms with E-state index >= 15 is 0 Å². The van der Waals surface area contributed by atoms with E-state index in [-0.39, 0.29) is 24.0 Å². The second-order valence-corrected chi connectivity index (χ2v) is 8.91. The summed E-state index contributed by atoms with van der Waals surface area (Å²) in [7, 11) is 0. The molecule has 0 aliphatic carbocycles. The van der Waals surface area contributed by atoms with Gasteiger partial charge in [-0.25, -0.2) is 0 Å². The van der Waals surface area contributed by atoms with Crippen LogP contribution in [0.4, 0.5) is 0 Å². The van der Waals surface area contributed by atoms with E-state index in [9.17, 15) is 9.59 Å². The van der Waals surface area contributed by atoms with Crippen LogP contribution in [0.3, 0.4) is 0 Å². The van der Waals surface area contributed by atoms with E-state index < -0.39 is 17.9 Å². The largest absolute Gasteiger partial charge is 0.464 e. The Morgan fingerprint density at radius 2 is 1.28 bits per heavy atom. The van der Waals surface area contributed by atoms with E-state index in [4.69, 9.17) is 9.47 Å². The van der Waals surface area contributed by atoms with E-state index in [0.29, 0.717) is 12.8 Å². The van der Waals surface area contributed by atoms with Crippen molar-refractivity contribution in [2.45, 2.75) is 54.4 Å². The molecule has 0 unspecified atom stereocenters. The van der Waals surface area contributed by atoms with Gasteiger partial charge in [0.1, 0.15) is 0 Å². The van der Waals surface area contributed by atoms with Gasteiger partial charge < -0.3 is 9.47 Å². The van der Waals surface area contributed by atoms with E-state index in [1.165, 1.54) is 0 Å². The standard InChI is InChI=1S/C21H32O4/c1-20(2,3)14-24-18(22)17(19(23)25-15-21(4,5)6)13-12-16-10-8-7-9-11-16/h7-11,17H,12-15H2,1-6H3. The number of hydrogen-bond acceptors (Lipinski definition) is 4. The first-order valence-corrected chi connectivity index (χ1v) is 8.85. The summed E-state index contributed by atoms with van der Waals surface area (Å²) in [6.45, 7) is 12.5. The zero-order valence-corrected chi connectivity index (χ0v) is 16.4. The van der Waals surface area contributed by atoms with Crippen molar-refractivity contribution in [2.24, 2.45) is 16.7 Å². The summed E-state index contributed by atoms with van der Waals surface area (Å²) in [5, 5.41) is 0. The van der Waals surface area contributed by atoms with Crippen molar-refractivity contribution >= 4 is 11.9 Å². The van der Waals surface area contributed by atoms with Crippen molar-refractivity contribution in [1.82, 2.24) is 0 Å². The zero-order chi connectivity index (χ0) is 19.1. The lowest BCUT2D eigenvalue weighted by Crippen LogP contribution is -2.32. The molecule has 0 N–H and O–H groups in total. The van der Waals surface area contributed by atoms with E-state index in [2.05, 4.69) is 0 Å². The van der Waals surface area contributed by atoms with Crippen molar-refractivity contribution < 1.29 is 19.1 Å². The van der Waals surface area contributed by atoms with Crippen LogP contribution in [0.25, 0.3) is 0 Å². The lowest BCUT2D eigenvalue weighted by atomic mass is 9.97. The number of aryl methyl sites for hydroxylation is 1. The molecule has 0 atom stereocenters. The molecule has 0 saturated carbocycles. The van der Waals surface area contributed by atoms with Crippen LogP contribution in [0, 0.1) is 16.7 Å². The molecule has 0 radical (unpaired) electrons. The topological polar surface area (TPSA) is 52.6 Å². The van der Waals surface area contributed by atoms with Gasteiger partial charge in [0.15, 0.2) is 5.92 Å². The maximum absolute atomic E-state index is 12.5. The number of esters is 2. The molecule has 4 nitrogen and oxygen atoms in total. The van der Waals surface area contributed by atoms with Crippen LogP contribution in [0.5, 0.6) is 0 Å². The van der Waals surface area contributed by atoms with Gasteiger partial charge in [-0.3, -0.25) is 9.59 Å². The van der Waals surface area contributed by atoms with Crippen LogP contribution < -0.4 is 0 Å². The van der Waals surface area contributed by atoms with Gasteiger partial charge in [-0.15, -0.1) is 0 Å². The fraction of sp³-hybridized carbons (Fsp3) is 0.619. The molecule has 0 heterocycles. The van der Waals surface area contributed by atoms with Gasteiger partial charge in [-0.05, 0) is 29.2 Å². The molecule has 0 spiro atoms. The Kier molecular flexibility index (Phi) is 7.65. The third kappa shape index (κ3) is 9.28. The predicted molar refractivity (Wildman–Crippen MR) is 99.1 cm³/mol. The van der Waals surface area contributed by atoms with E-state index in [0.717, 1.165) is 5.56 Å². The van der Waals surface area contributed by atoms with Crippen molar-refractivity contribution in [1.29, 1.82) is 0 Å². The van der Waals surface area contributed by atoms with Crippen LogP contribution in [0.15, 0.2) is 30.3 Å². The molecule has 4 heteroatoms. The number of benzene rings is 1. The molecule has 140 valence electrons. The number of carbonyl (C=O) groups excluding carboxylic acids is 2. The summed E-state index contributed by atoms with van der Waals surface area (Å²) in [6.07, 6.45) is 1.01. The first kappa shape index (κ1) is 21.2. The van der Waals surface area contributed by atoms with Crippen LogP contribution in [0.2, 0.25) is 0 Å². The van der Waals surface area contributed by atoms with Gasteiger partial charge in [-0.1, -0.05) is 71.9 Å². The van der Waals surface area contributed by atoms with E-state index in [1.807, 2.05) is 71.9 Å². The monoisotopic (exact) mass is 348 g/mol. The molecule has 0 aromatic heterocycles. The average Bonchev–Trinajstić information content (AvgIpc) is 2.50. The number of hydrogen-bond donors (Lipinski definition) is 0. The molecule has 1 aromatic carbocycles. The Morgan fingerprint density at radius 1 is 0.840 bits per heavy atom. The summed E-state index contributed by atoms with van der Waals surface area (Å²) in [5.74, 6) is -1.88. The third-order valence-corrected chi connectivity index (χ3v) is 3.43. The molecule has 0 saturated heterocycles. The Hall–Kier alpha value is -1.84. The molecule has 0 amide bonds. The quantitative estimate of drug-likeness (QED) is 0.541. The Morgan fingerprint density at radius 3 is 1.68 bits per heavy atom. The van der Waals surface area contributed by atoms with Gasteiger partial charge in [0, 0.05) is 0 Å². The summed E-state index contributed by atoms with van der Waals surface area (Å²) in [6, 6.07) is 9.80. The van der Waals surface area contributed by atoms with Crippen molar-refractivity contribution in [3.8, 4) is 0 Å². The highest BCUT2D eigenvalue weighted by Crippen LogP contribution is 2.20. The molecule has 0 aliphatic heterocycles. The second-order valence-electron chi connectivity index (χ2n) is 8.91. The van der Waals surface area contributed by atoms with Crippen LogP contribution in [-0.4, -0.2) is 25.2 Å². The SMILES string of the molecule is CC(C)(C)COC(=O)C(CCc1ccccc1)C(=O)OCC(C)(C)C. The van der Waals surface area contributed by atoms with Crippen LogP contribution in [-0.2, 0) is 25.5 Å². The Balaban J connectivity index is 2.74. The molecule has 0 aliphatic rings. The molecular weight excluding hydrogens is 316 g/mol. The summed E-state index contributed by atoms with van der Waals surface area (Å²) in [5.41, 5.74) is 0.795. The molecule has 0 fully saturated rings. The van der Waals surface area contributed by atoms with Crippen molar-refractivity contribution in [2.75, 3.05) is 13.2 Å².